The summed E-state index contributed by atoms with van der Waals surface area (Å²) in [6, 6.07) is 20.4. The lowest BCUT2D eigenvalue weighted by Gasteiger charge is -2.22. The second-order valence-corrected chi connectivity index (χ2v) is 8.66. The quantitative estimate of drug-likeness (QED) is 0.127. The van der Waals surface area contributed by atoms with E-state index in [1.165, 1.54) is 23.1 Å². The van der Waals surface area contributed by atoms with Crippen molar-refractivity contribution < 1.29 is 33.8 Å². The summed E-state index contributed by atoms with van der Waals surface area (Å²) >= 11 is 6.39. The molecule has 41 heavy (non-hydrogen) atoms. The number of carbonyl (C=O) groups excluding carboxylic acids is 4. The molecule has 3 aromatic rings. The highest BCUT2D eigenvalue weighted by Gasteiger charge is 2.17. The number of nitrogens with two attached hydrogens (primary N) is 2. The van der Waals surface area contributed by atoms with Gasteiger partial charge >= 0.3 is 18.1 Å². The molecule has 1 amide bonds. The van der Waals surface area contributed by atoms with Gasteiger partial charge in [0.15, 0.2) is 5.96 Å². The maximum absolute atomic E-state index is 12.9. The van der Waals surface area contributed by atoms with Crippen LogP contribution in [0.2, 0.25) is 5.02 Å². The molecule has 3 rings (SSSR count). The zero-order valence-electron chi connectivity index (χ0n) is 21.7. The average molecular weight is 603 g/mol. The number of nitrogens with zero attached hydrogens (tertiary/aromatic N) is 2. The summed E-state index contributed by atoms with van der Waals surface area (Å²) in [5.41, 5.74) is 13.1. The first-order valence-corrected chi connectivity index (χ1v) is 12.2. The van der Waals surface area contributed by atoms with Crippen LogP contribution in [0.3, 0.4) is 0 Å². The number of benzene rings is 3. The third-order valence-corrected chi connectivity index (χ3v) is 5.72. The summed E-state index contributed by atoms with van der Waals surface area (Å²) in [7, 11) is 0. The van der Waals surface area contributed by atoms with E-state index in [1.54, 1.807) is 24.3 Å². The van der Waals surface area contributed by atoms with Gasteiger partial charge in [-0.3, -0.25) is 9.59 Å². The van der Waals surface area contributed by atoms with E-state index < -0.39 is 11.9 Å². The van der Waals surface area contributed by atoms with Crippen LogP contribution in [-0.4, -0.2) is 46.5 Å². The van der Waals surface area contributed by atoms with Crippen LogP contribution in [0, 0.1) is 0 Å². The molecule has 0 aliphatic carbocycles. The first-order valence-electron chi connectivity index (χ1n) is 11.9. The zero-order chi connectivity index (χ0) is 29.5. The third-order valence-electron chi connectivity index (χ3n) is 5.37. The SMILES string of the molecule is Cl.NC(N)=Nc1ccc(C(=O)Oc2ccc(CCC(=O)N(CCC(=O)O)Cc3ccccc3)c(Cl)c2)cc1.O=C=O. The van der Waals surface area contributed by atoms with E-state index >= 15 is 0 Å². The number of esters is 1. The van der Waals surface area contributed by atoms with E-state index in [9.17, 15) is 14.4 Å². The second-order valence-electron chi connectivity index (χ2n) is 8.25. The molecule has 0 fully saturated rings. The van der Waals surface area contributed by atoms with Gasteiger partial charge in [0.25, 0.3) is 0 Å². The molecule has 0 aliphatic heterocycles. The largest absolute Gasteiger partial charge is 0.481 e. The van der Waals surface area contributed by atoms with Crippen LogP contribution in [0.1, 0.15) is 34.3 Å². The summed E-state index contributed by atoms with van der Waals surface area (Å²) in [4.78, 5) is 58.1. The summed E-state index contributed by atoms with van der Waals surface area (Å²) in [5.74, 6) is -1.56. The van der Waals surface area contributed by atoms with Crippen molar-refractivity contribution >= 4 is 59.7 Å². The molecule has 0 saturated carbocycles. The molecule has 0 unspecified atom stereocenters. The van der Waals surface area contributed by atoms with Gasteiger partial charge in [-0.25, -0.2) is 9.79 Å². The topological polar surface area (TPSA) is 182 Å². The van der Waals surface area contributed by atoms with Crippen LogP contribution < -0.4 is 16.2 Å². The van der Waals surface area contributed by atoms with Gasteiger partial charge in [0.05, 0.1) is 17.7 Å². The Labute approximate surface area is 247 Å². The summed E-state index contributed by atoms with van der Waals surface area (Å²) < 4.78 is 5.40. The number of carboxylic acid groups (broad SMARTS) is 1. The first-order chi connectivity index (χ1) is 19.1. The van der Waals surface area contributed by atoms with Crippen LogP contribution in [0.25, 0.3) is 0 Å². The Morgan fingerprint density at radius 2 is 1.59 bits per heavy atom. The van der Waals surface area contributed by atoms with Crippen molar-refractivity contribution in [2.45, 2.75) is 25.8 Å². The molecule has 0 radical (unpaired) electrons. The van der Waals surface area contributed by atoms with Crippen molar-refractivity contribution in [3.63, 3.8) is 0 Å². The average Bonchev–Trinajstić information content (AvgIpc) is 2.91. The summed E-state index contributed by atoms with van der Waals surface area (Å²) in [5, 5.41) is 9.40. The molecule has 0 aliphatic rings. The molecule has 0 heterocycles. The number of guanidine groups is 1. The van der Waals surface area contributed by atoms with Gasteiger partial charge in [0.2, 0.25) is 5.91 Å². The molecule has 0 bridgehead atoms. The van der Waals surface area contributed by atoms with E-state index in [2.05, 4.69) is 4.99 Å². The van der Waals surface area contributed by atoms with Crippen molar-refractivity contribution in [3.8, 4) is 5.75 Å². The number of aryl methyl sites for hydroxylation is 1. The molecular weight excluding hydrogens is 575 g/mol. The Balaban J connectivity index is 0.00000201. The zero-order valence-corrected chi connectivity index (χ0v) is 23.3. The lowest BCUT2D eigenvalue weighted by Crippen LogP contribution is -2.32. The maximum Gasteiger partial charge on any atom is 0.373 e. The fourth-order valence-electron chi connectivity index (χ4n) is 3.51. The van der Waals surface area contributed by atoms with Crippen LogP contribution >= 0.6 is 24.0 Å². The summed E-state index contributed by atoms with van der Waals surface area (Å²) in [6.45, 7) is 0.432. The smallest absolute Gasteiger partial charge is 0.373 e. The third kappa shape index (κ3) is 12.3. The number of amides is 1. The number of hydrogen-bond donors (Lipinski definition) is 3. The van der Waals surface area contributed by atoms with E-state index in [1.807, 2.05) is 30.3 Å². The van der Waals surface area contributed by atoms with Gasteiger partial charge in [-0.2, -0.15) is 9.59 Å². The van der Waals surface area contributed by atoms with Crippen LogP contribution in [-0.2, 0) is 32.1 Å². The molecule has 0 atom stereocenters. The molecular formula is C28H28Cl2N4O7. The molecule has 11 nitrogen and oxygen atoms in total. The van der Waals surface area contributed by atoms with Crippen molar-refractivity contribution in [2.75, 3.05) is 6.54 Å². The number of halogens is 2. The number of ether oxygens (including phenoxy) is 1. The fourth-order valence-corrected chi connectivity index (χ4v) is 3.77. The highest BCUT2D eigenvalue weighted by atomic mass is 35.5. The Bertz CT molecular complexity index is 1370. The van der Waals surface area contributed by atoms with Gasteiger partial charge < -0.3 is 26.2 Å². The standard InChI is InChI=1S/C27H27ClN4O5.CO2.ClH/c28-23-16-22(37-26(36)20-6-10-21(11-7-20)31-27(29)30)12-8-19(23)9-13-24(33)32(15-14-25(34)35)17-18-4-2-1-3-5-18;2-1-3;/h1-8,10-12,16H,9,13-15,17H2,(H,34,35)(H4,29,30,31);;1H. The maximum atomic E-state index is 12.9. The van der Waals surface area contributed by atoms with E-state index in [-0.39, 0.29) is 55.6 Å². The monoisotopic (exact) mass is 602 g/mol. The van der Waals surface area contributed by atoms with Gasteiger partial charge in [-0.05, 0) is 53.9 Å². The number of carboxylic acids is 1. The predicted octanol–water partition coefficient (Wildman–Crippen LogP) is 3.74. The minimum absolute atomic E-state index is 0. The Morgan fingerprint density at radius 1 is 0.951 bits per heavy atom. The first kappa shape index (κ1) is 34.3. The molecule has 0 aromatic heterocycles. The van der Waals surface area contributed by atoms with Crippen molar-refractivity contribution in [2.24, 2.45) is 16.5 Å². The molecule has 216 valence electrons. The molecule has 5 N–H and O–H groups in total. The van der Waals surface area contributed by atoms with E-state index in [0.717, 1.165) is 5.56 Å². The number of aliphatic imine (C=N–C) groups is 1. The van der Waals surface area contributed by atoms with E-state index in [4.69, 9.17) is 42.5 Å². The van der Waals surface area contributed by atoms with Crippen LogP contribution in [0.15, 0.2) is 77.8 Å². The van der Waals surface area contributed by atoms with Crippen LogP contribution in [0.5, 0.6) is 5.75 Å². The van der Waals surface area contributed by atoms with Crippen molar-refractivity contribution in [1.29, 1.82) is 0 Å². The molecule has 3 aromatic carbocycles. The number of carbonyl (C=O) groups is 3. The molecule has 0 spiro atoms. The minimum Gasteiger partial charge on any atom is -0.481 e. The highest BCUT2D eigenvalue weighted by molar-refractivity contribution is 6.31. The van der Waals surface area contributed by atoms with Crippen molar-refractivity contribution in [1.82, 2.24) is 4.90 Å². The number of hydrogen-bond acceptors (Lipinski definition) is 7. The highest BCUT2D eigenvalue weighted by Crippen LogP contribution is 2.25. The second kappa shape index (κ2) is 17.8. The van der Waals surface area contributed by atoms with Gasteiger partial charge in [0.1, 0.15) is 5.75 Å². The Morgan fingerprint density at radius 3 is 2.15 bits per heavy atom. The Hall–Kier alpha value is -4.70. The molecule has 13 heteroatoms. The predicted molar refractivity (Wildman–Crippen MR) is 153 cm³/mol. The summed E-state index contributed by atoms with van der Waals surface area (Å²) in [6.07, 6.45) is 0.598. The van der Waals surface area contributed by atoms with Gasteiger partial charge in [0, 0.05) is 24.5 Å². The number of rotatable bonds is 11. The lowest BCUT2D eigenvalue weighted by atomic mass is 10.1. The normalized spacial score (nSPS) is 9.59. The Kier molecular flexibility index (Phi) is 14.9. The minimum atomic E-state index is -0.969. The fraction of sp³-hybridized carbons (Fsp3) is 0.179. The lowest BCUT2D eigenvalue weighted by molar-refractivity contribution is -0.191. The molecule has 0 saturated heterocycles. The van der Waals surface area contributed by atoms with Gasteiger partial charge in [-0.15, -0.1) is 12.4 Å². The van der Waals surface area contributed by atoms with E-state index in [0.29, 0.717) is 34.8 Å². The van der Waals surface area contributed by atoms with Crippen LogP contribution in [0.4, 0.5) is 5.69 Å². The van der Waals surface area contributed by atoms with Gasteiger partial charge in [-0.1, -0.05) is 48.0 Å². The van der Waals surface area contributed by atoms with Crippen molar-refractivity contribution in [3.05, 3.63) is 94.5 Å². The number of aliphatic carboxylic acids is 1.